The Hall–Kier alpha value is -6.18. The Bertz CT molecular complexity index is 1830. The number of carbonyl (C=O) groups is 9. The van der Waals surface area contributed by atoms with Crippen molar-refractivity contribution in [2.24, 2.45) is 34.0 Å². The fourth-order valence-electron chi connectivity index (χ4n) is 7.41. The minimum atomic E-state index is -1.26. The van der Waals surface area contributed by atoms with E-state index in [1.807, 2.05) is 25.6 Å². The van der Waals surface area contributed by atoms with E-state index in [2.05, 4.69) is 57.5 Å². The van der Waals surface area contributed by atoms with E-state index in [1.54, 1.807) is 0 Å². The molecule has 0 aliphatic carbocycles. The summed E-state index contributed by atoms with van der Waals surface area (Å²) in [6.07, 6.45) is 6.89. The second-order valence-corrected chi connectivity index (χ2v) is 17.9. The fourth-order valence-corrected chi connectivity index (χ4v) is 8.95. The van der Waals surface area contributed by atoms with Gasteiger partial charge in [0.05, 0.1) is 31.5 Å². The zero-order valence-electron chi connectivity index (χ0n) is 37.5. The summed E-state index contributed by atoms with van der Waals surface area (Å²) in [6, 6.07) is -3.39. The molecule has 0 radical (unpaired) electrons. The number of imidazole rings is 1. The third-order valence-corrected chi connectivity index (χ3v) is 12.3. The minimum absolute atomic E-state index is 0.000881. The molecule has 7 atom stereocenters. The van der Waals surface area contributed by atoms with Crippen molar-refractivity contribution >= 4 is 71.0 Å². The third kappa shape index (κ3) is 20.3. The van der Waals surface area contributed by atoms with Gasteiger partial charge in [-0.3, -0.25) is 48.6 Å². The topological polar surface area (TPSA) is 401 Å². The lowest BCUT2D eigenvalue weighted by Gasteiger charge is -2.25. The van der Waals surface area contributed by atoms with Crippen LogP contribution in [0.3, 0.4) is 0 Å². The lowest BCUT2D eigenvalue weighted by Crippen LogP contribution is -2.56. The first-order valence-electron chi connectivity index (χ1n) is 22.1. The molecule has 0 saturated carbocycles. The van der Waals surface area contributed by atoms with Crippen LogP contribution in [0.25, 0.3) is 0 Å². The van der Waals surface area contributed by atoms with Crippen molar-refractivity contribution in [1.29, 1.82) is 0 Å². The van der Waals surface area contributed by atoms with Gasteiger partial charge >= 0.3 is 6.03 Å². The highest BCUT2D eigenvalue weighted by Crippen LogP contribution is 2.33. The van der Waals surface area contributed by atoms with Crippen molar-refractivity contribution < 1.29 is 48.4 Å². The number of nitrogens with two attached hydrogens (primary N) is 3. The number of carbonyl (C=O) groups excluding carboxylic acids is 9. The van der Waals surface area contributed by atoms with Crippen LogP contribution in [0.4, 0.5) is 4.79 Å². The van der Waals surface area contributed by atoms with Gasteiger partial charge in [-0.2, -0.15) is 11.8 Å². The number of hydrogen-bond acceptors (Lipinski definition) is 13. The maximum atomic E-state index is 13.8. The molecule has 2 aliphatic heterocycles. The van der Waals surface area contributed by atoms with Gasteiger partial charge in [0.15, 0.2) is 5.96 Å². The number of guanidine groups is 1. The van der Waals surface area contributed by atoms with Gasteiger partial charge < -0.3 is 64.7 Å². The van der Waals surface area contributed by atoms with Crippen LogP contribution < -0.4 is 65.2 Å². The van der Waals surface area contributed by atoms with Crippen LogP contribution in [-0.4, -0.2) is 142 Å². The molecule has 0 aromatic carbocycles. The molecule has 26 heteroatoms. The number of aliphatic imine (C=N–C) groups is 1. The van der Waals surface area contributed by atoms with Crippen molar-refractivity contribution in [2.75, 3.05) is 31.9 Å². The summed E-state index contributed by atoms with van der Waals surface area (Å²) in [5.74, 6) is -5.57. The number of hydroxylamine groups is 1. The molecule has 368 valence electrons. The highest BCUT2D eigenvalue weighted by atomic mass is 32.2. The number of thioether (sulfide) groups is 1. The van der Waals surface area contributed by atoms with Crippen molar-refractivity contribution in [2.45, 2.75) is 126 Å². The molecule has 1 aromatic heterocycles. The summed E-state index contributed by atoms with van der Waals surface area (Å²) >= 11 is 1.83. The molecular weight excluding hydrogens is 883 g/mol. The number of nitrogens with zero attached hydrogens (tertiary/aromatic N) is 2. The van der Waals surface area contributed by atoms with Gasteiger partial charge in [0.2, 0.25) is 47.3 Å². The summed E-state index contributed by atoms with van der Waals surface area (Å²) in [5.41, 5.74) is 18.3. The molecule has 10 amide bonds. The molecule has 2 aliphatic rings. The van der Waals surface area contributed by atoms with Crippen LogP contribution in [0, 0.1) is 11.8 Å². The number of aromatic nitrogens is 2. The monoisotopic (exact) mass is 949 g/mol. The number of rotatable bonds is 31. The quantitative estimate of drug-likeness (QED) is 0.00869. The number of hydrogen-bond donors (Lipinski definition) is 14. The molecule has 0 spiro atoms. The van der Waals surface area contributed by atoms with Crippen molar-refractivity contribution in [1.82, 2.24) is 58.0 Å². The van der Waals surface area contributed by atoms with Crippen molar-refractivity contribution in [3.63, 3.8) is 0 Å². The maximum Gasteiger partial charge on any atom is 0.315 e. The Kier molecular flexibility index (Phi) is 23.5. The Morgan fingerprint density at radius 1 is 0.818 bits per heavy atom. The highest BCUT2D eigenvalue weighted by molar-refractivity contribution is 8.00. The Labute approximate surface area is 387 Å². The zero-order chi connectivity index (χ0) is 48.6. The van der Waals surface area contributed by atoms with E-state index in [9.17, 15) is 43.2 Å². The van der Waals surface area contributed by atoms with Crippen LogP contribution in [-0.2, 0) is 44.8 Å². The lowest BCUT2D eigenvalue weighted by atomic mass is 9.92. The normalized spacial score (nSPS) is 17.9. The second-order valence-electron chi connectivity index (χ2n) is 16.6. The summed E-state index contributed by atoms with van der Waals surface area (Å²) in [7, 11) is 0. The van der Waals surface area contributed by atoms with Crippen LogP contribution in [0.5, 0.6) is 0 Å². The van der Waals surface area contributed by atoms with Crippen LogP contribution in [0.15, 0.2) is 17.5 Å². The molecule has 2 fully saturated rings. The predicted octanol–water partition coefficient (Wildman–Crippen LogP) is -3.25. The van der Waals surface area contributed by atoms with Crippen LogP contribution >= 0.6 is 11.8 Å². The highest BCUT2D eigenvalue weighted by Gasteiger charge is 2.42. The minimum Gasteiger partial charge on any atom is -0.370 e. The predicted molar refractivity (Wildman–Crippen MR) is 242 cm³/mol. The largest absolute Gasteiger partial charge is 0.370 e. The summed E-state index contributed by atoms with van der Waals surface area (Å²) in [6.45, 7) is 3.00. The Morgan fingerprint density at radius 2 is 1.55 bits per heavy atom. The van der Waals surface area contributed by atoms with E-state index in [4.69, 9.17) is 22.4 Å². The summed E-state index contributed by atoms with van der Waals surface area (Å²) < 4.78 is 0. The Balaban J connectivity index is 1.44. The molecular formula is C40H67N15O10S. The molecule has 3 heterocycles. The van der Waals surface area contributed by atoms with Gasteiger partial charge in [0.1, 0.15) is 18.1 Å². The number of primary amides is 1. The molecule has 0 bridgehead atoms. The summed E-state index contributed by atoms with van der Waals surface area (Å²) in [5, 5.41) is 30.6. The van der Waals surface area contributed by atoms with Gasteiger partial charge in [0, 0.05) is 61.2 Å². The second kappa shape index (κ2) is 28.7. The third-order valence-electron chi connectivity index (χ3n) is 10.7. The number of nitrogens with one attached hydrogen (secondary N) is 10. The lowest BCUT2D eigenvalue weighted by molar-refractivity contribution is -0.137. The smallest absolute Gasteiger partial charge is 0.315 e. The maximum absolute atomic E-state index is 13.8. The molecule has 2 saturated heterocycles. The first kappa shape index (κ1) is 54.2. The average molecular weight is 950 g/mol. The van der Waals surface area contributed by atoms with Crippen molar-refractivity contribution in [3.8, 4) is 0 Å². The molecule has 3 rings (SSSR count). The van der Waals surface area contributed by atoms with Crippen LogP contribution in [0.2, 0.25) is 0 Å². The molecule has 1 aromatic rings. The number of aromatic amines is 1. The molecule has 25 nitrogen and oxygen atoms in total. The van der Waals surface area contributed by atoms with Gasteiger partial charge in [-0.05, 0) is 57.3 Å². The van der Waals surface area contributed by atoms with Gasteiger partial charge in [0.25, 0.3) is 0 Å². The number of fused-ring (bicyclic) bond motifs is 1. The summed E-state index contributed by atoms with van der Waals surface area (Å²) in [4.78, 5) is 125. The standard InChI is InChI=1S/C40H67N15O10S/c1-22(2)14-23(15-31(57)55-65)36(61)52-27(16-24-17-44-21-49-24)38(63)51-26(9-7-13-46-39(42)43)37(62)48-18-32(58)47-19-33(59)50-25(35(41)60)8-5-6-12-45-30(56)11-4-3-10-29-34-28(20-66-29)53-40(64)54-34/h17,21-23,25-29,34,65H,3-16,18-20H2,1-2H3,(H2,41,60)(H,44,49)(H,45,56)(H,47,58)(H,48,62)(H,50,59)(H,51,63)(H,52,61)(H,55,57)(H4,42,43,46)(H2,53,54,64)/t23?,25-,26-,27-,28-,29-,34-/m0/s1. The van der Waals surface area contributed by atoms with Gasteiger partial charge in [-0.15, -0.1) is 0 Å². The van der Waals surface area contributed by atoms with E-state index < -0.39 is 78.5 Å². The fraction of sp³-hybridized carbons (Fsp3) is 0.675. The van der Waals surface area contributed by atoms with E-state index in [1.165, 1.54) is 18.0 Å². The van der Waals surface area contributed by atoms with E-state index in [-0.39, 0.29) is 81.0 Å². The number of amides is 10. The van der Waals surface area contributed by atoms with E-state index >= 15 is 0 Å². The SMILES string of the molecule is CC(C)CC(CC(=O)NO)C(=O)N[C@@H](Cc1cnc[nH]1)C(=O)N[C@@H](CCCN=C(N)N)C(=O)NCC(=O)NCC(=O)N[C@@H](CCCCNC(=O)CCCC[C@@H]1SC[C@@H]2NC(=O)N[C@@H]21)C(N)=O. The van der Waals surface area contributed by atoms with Gasteiger partial charge in [-0.1, -0.05) is 20.3 Å². The van der Waals surface area contributed by atoms with Crippen molar-refractivity contribution in [3.05, 3.63) is 18.2 Å². The molecule has 17 N–H and O–H groups in total. The average Bonchev–Trinajstić information content (AvgIpc) is 4.01. The molecule has 1 unspecified atom stereocenters. The number of urea groups is 1. The van der Waals surface area contributed by atoms with Gasteiger partial charge in [-0.25, -0.2) is 15.3 Å². The first-order valence-corrected chi connectivity index (χ1v) is 23.1. The number of unbranched alkanes of at least 4 members (excludes halogenated alkanes) is 2. The van der Waals surface area contributed by atoms with E-state index in [0.29, 0.717) is 36.8 Å². The zero-order valence-corrected chi connectivity index (χ0v) is 38.3. The van der Waals surface area contributed by atoms with E-state index in [0.717, 1.165) is 25.0 Å². The molecule has 66 heavy (non-hydrogen) atoms. The van der Waals surface area contributed by atoms with Crippen LogP contribution in [0.1, 0.15) is 90.2 Å². The number of H-pyrrole nitrogens is 1. The first-order chi connectivity index (χ1) is 31.4. The Morgan fingerprint density at radius 3 is 2.23 bits per heavy atom.